The van der Waals surface area contributed by atoms with Crippen molar-refractivity contribution in [3.05, 3.63) is 0 Å². The van der Waals surface area contributed by atoms with Gasteiger partial charge in [0.05, 0.1) is 0 Å². The Morgan fingerprint density at radius 1 is 1.33 bits per heavy atom. The summed E-state index contributed by atoms with van der Waals surface area (Å²) >= 11 is 1.89. The highest BCUT2D eigenvalue weighted by atomic mass is 32.2. The van der Waals surface area contributed by atoms with Crippen LogP contribution in [0.3, 0.4) is 0 Å². The quantitative estimate of drug-likeness (QED) is 0.513. The summed E-state index contributed by atoms with van der Waals surface area (Å²) in [4.78, 5) is 11.1. The van der Waals surface area contributed by atoms with E-state index in [1.807, 2.05) is 25.6 Å². The Kier molecular flexibility index (Phi) is 2.17. The van der Waals surface area contributed by atoms with Crippen molar-refractivity contribution in [3.8, 4) is 0 Å². The predicted molar refractivity (Wildman–Crippen MR) is 40.7 cm³/mol. The molecule has 0 N–H and O–H groups in total. The molecule has 1 aliphatic heterocycles. The van der Waals surface area contributed by atoms with Crippen molar-refractivity contribution in [2.24, 2.45) is 11.8 Å². The maximum absolute atomic E-state index is 11.1. The zero-order chi connectivity index (χ0) is 6.85. The average Bonchev–Trinajstić information content (AvgIpc) is 1.83. The number of hydrogen-bond acceptors (Lipinski definition) is 2. The zero-order valence-corrected chi connectivity index (χ0v) is 6.70. The topological polar surface area (TPSA) is 17.1 Å². The highest BCUT2D eigenvalue weighted by molar-refractivity contribution is 7.99. The molecule has 0 spiro atoms. The molecule has 0 amide bonds. The van der Waals surface area contributed by atoms with Crippen LogP contribution >= 0.6 is 11.8 Å². The fourth-order valence-corrected chi connectivity index (χ4v) is 2.24. The van der Waals surface area contributed by atoms with Crippen LogP contribution in [0, 0.1) is 11.8 Å². The third-order valence-corrected chi connectivity index (χ3v) is 3.18. The van der Waals surface area contributed by atoms with Crippen LogP contribution in [0.15, 0.2) is 0 Å². The van der Waals surface area contributed by atoms with E-state index >= 15 is 0 Å². The van der Waals surface area contributed by atoms with Gasteiger partial charge < -0.3 is 0 Å². The Morgan fingerprint density at radius 3 is 2.11 bits per heavy atom. The van der Waals surface area contributed by atoms with E-state index in [-0.39, 0.29) is 0 Å². The fraction of sp³-hybridized carbons (Fsp3) is 0.857. The van der Waals surface area contributed by atoms with Crippen LogP contribution in [0.2, 0.25) is 0 Å². The van der Waals surface area contributed by atoms with Crippen LogP contribution in [0.4, 0.5) is 0 Å². The Labute approximate surface area is 60.2 Å². The number of carbonyl (C=O) groups is 1. The first-order valence-corrected chi connectivity index (χ1v) is 4.48. The van der Waals surface area contributed by atoms with Crippen molar-refractivity contribution in [3.63, 3.8) is 0 Å². The molecule has 0 aromatic carbocycles. The zero-order valence-electron chi connectivity index (χ0n) is 5.89. The van der Waals surface area contributed by atoms with Crippen molar-refractivity contribution < 1.29 is 4.79 Å². The van der Waals surface area contributed by atoms with Gasteiger partial charge in [-0.2, -0.15) is 11.8 Å². The number of ketones is 1. The van der Waals surface area contributed by atoms with Crippen LogP contribution in [0.25, 0.3) is 0 Å². The van der Waals surface area contributed by atoms with Gasteiger partial charge in [-0.1, -0.05) is 13.8 Å². The lowest BCUT2D eigenvalue weighted by molar-refractivity contribution is -0.124. The van der Waals surface area contributed by atoms with E-state index in [1.165, 1.54) is 0 Å². The number of rotatable bonds is 0. The molecule has 0 aromatic heterocycles. The summed E-state index contributed by atoms with van der Waals surface area (Å²) in [6, 6.07) is 0. The Bertz CT molecular complexity index is 110. The number of carbonyl (C=O) groups excluding carboxylic acids is 1. The molecule has 1 heterocycles. The van der Waals surface area contributed by atoms with Crippen molar-refractivity contribution in [1.82, 2.24) is 0 Å². The summed E-state index contributed by atoms with van der Waals surface area (Å²) in [5.74, 6) is 3.12. The third-order valence-electron chi connectivity index (χ3n) is 1.71. The molecule has 0 unspecified atom stereocenters. The van der Waals surface area contributed by atoms with Crippen molar-refractivity contribution in [1.29, 1.82) is 0 Å². The van der Waals surface area contributed by atoms with Crippen LogP contribution in [-0.4, -0.2) is 17.3 Å². The largest absolute Gasteiger partial charge is 0.299 e. The van der Waals surface area contributed by atoms with Gasteiger partial charge >= 0.3 is 0 Å². The standard InChI is InChI=1S/C7H12OS/c1-5-3-9-4-6(2)7(5)8/h5-6H,3-4H2,1-2H3/t5-,6-/m0/s1. The summed E-state index contributed by atoms with van der Waals surface area (Å²) in [6.45, 7) is 4.04. The predicted octanol–water partition coefficient (Wildman–Crippen LogP) is 1.57. The van der Waals surface area contributed by atoms with E-state index in [4.69, 9.17) is 0 Å². The van der Waals surface area contributed by atoms with E-state index in [9.17, 15) is 4.79 Å². The number of hydrogen-bond donors (Lipinski definition) is 0. The molecular formula is C7H12OS. The Morgan fingerprint density at radius 2 is 1.78 bits per heavy atom. The highest BCUT2D eigenvalue weighted by Crippen LogP contribution is 2.23. The van der Waals surface area contributed by atoms with Crippen LogP contribution in [0.1, 0.15) is 13.8 Å². The average molecular weight is 144 g/mol. The summed E-state index contributed by atoms with van der Waals surface area (Å²) in [5.41, 5.74) is 0. The molecule has 2 heteroatoms. The molecule has 1 rings (SSSR count). The van der Waals surface area contributed by atoms with Crippen LogP contribution < -0.4 is 0 Å². The van der Waals surface area contributed by atoms with Gasteiger partial charge in [-0.3, -0.25) is 4.79 Å². The SMILES string of the molecule is C[C@H]1CSC[C@H](C)C1=O. The van der Waals surface area contributed by atoms with Gasteiger partial charge in [0.1, 0.15) is 5.78 Å². The number of thioether (sulfide) groups is 1. The maximum Gasteiger partial charge on any atom is 0.140 e. The minimum atomic E-state index is 0.304. The molecule has 0 aromatic rings. The lowest BCUT2D eigenvalue weighted by Gasteiger charge is -2.21. The van der Waals surface area contributed by atoms with E-state index in [2.05, 4.69) is 0 Å². The second-order valence-electron chi connectivity index (χ2n) is 2.74. The second-order valence-corrected chi connectivity index (χ2v) is 3.82. The molecule has 0 radical (unpaired) electrons. The molecule has 0 bridgehead atoms. The molecule has 0 aliphatic carbocycles. The summed E-state index contributed by atoms with van der Waals surface area (Å²) in [6.07, 6.45) is 0. The lowest BCUT2D eigenvalue weighted by Crippen LogP contribution is -2.27. The minimum absolute atomic E-state index is 0.304. The minimum Gasteiger partial charge on any atom is -0.299 e. The Balaban J connectivity index is 2.52. The molecule has 1 fully saturated rings. The lowest BCUT2D eigenvalue weighted by atomic mass is 9.98. The number of Topliss-reactive ketones (excluding diaryl/α,β-unsaturated/α-hetero) is 1. The van der Waals surface area contributed by atoms with Gasteiger partial charge in [-0.15, -0.1) is 0 Å². The summed E-state index contributed by atoms with van der Waals surface area (Å²) in [5, 5.41) is 0. The molecule has 1 nitrogen and oxygen atoms in total. The van der Waals surface area contributed by atoms with Crippen molar-refractivity contribution in [2.75, 3.05) is 11.5 Å². The molecule has 1 saturated heterocycles. The van der Waals surface area contributed by atoms with Gasteiger partial charge in [0, 0.05) is 23.3 Å². The first-order valence-electron chi connectivity index (χ1n) is 3.33. The summed E-state index contributed by atoms with van der Waals surface area (Å²) in [7, 11) is 0. The van der Waals surface area contributed by atoms with Gasteiger partial charge in [0.25, 0.3) is 0 Å². The summed E-state index contributed by atoms with van der Waals surface area (Å²) < 4.78 is 0. The first kappa shape index (κ1) is 7.13. The fourth-order valence-electron chi connectivity index (χ4n) is 1.07. The molecule has 1 aliphatic rings. The Hall–Kier alpha value is 0.0200. The van der Waals surface area contributed by atoms with Crippen molar-refractivity contribution in [2.45, 2.75) is 13.8 Å². The van der Waals surface area contributed by atoms with Gasteiger partial charge in [-0.25, -0.2) is 0 Å². The van der Waals surface area contributed by atoms with E-state index < -0.39 is 0 Å². The second kappa shape index (κ2) is 2.74. The monoisotopic (exact) mass is 144 g/mol. The molecular weight excluding hydrogens is 132 g/mol. The smallest absolute Gasteiger partial charge is 0.140 e. The van der Waals surface area contributed by atoms with Crippen LogP contribution in [-0.2, 0) is 4.79 Å². The highest BCUT2D eigenvalue weighted by Gasteiger charge is 2.24. The molecule has 2 atom stereocenters. The van der Waals surface area contributed by atoms with Gasteiger partial charge in [0.15, 0.2) is 0 Å². The van der Waals surface area contributed by atoms with Crippen molar-refractivity contribution >= 4 is 17.5 Å². The van der Waals surface area contributed by atoms with E-state index in [0.29, 0.717) is 17.6 Å². The molecule has 0 saturated carbocycles. The first-order chi connectivity index (χ1) is 4.22. The molecule has 9 heavy (non-hydrogen) atoms. The van der Waals surface area contributed by atoms with E-state index in [1.54, 1.807) is 0 Å². The van der Waals surface area contributed by atoms with Crippen LogP contribution in [0.5, 0.6) is 0 Å². The third kappa shape index (κ3) is 1.48. The van der Waals surface area contributed by atoms with Gasteiger partial charge in [0.2, 0.25) is 0 Å². The normalized spacial score (nSPS) is 36.9. The van der Waals surface area contributed by atoms with Gasteiger partial charge in [-0.05, 0) is 0 Å². The molecule has 52 valence electrons. The maximum atomic E-state index is 11.1. The van der Waals surface area contributed by atoms with E-state index in [0.717, 1.165) is 11.5 Å².